The van der Waals surface area contributed by atoms with Crippen LogP contribution in [-0.2, 0) is 16.1 Å². The lowest BCUT2D eigenvalue weighted by molar-refractivity contribution is -0.139. The molecular weight excluding hydrogens is 390 g/mol. The van der Waals surface area contributed by atoms with Crippen LogP contribution in [0.5, 0.6) is 0 Å². The van der Waals surface area contributed by atoms with Crippen molar-refractivity contribution in [2.75, 3.05) is 18.5 Å². The van der Waals surface area contributed by atoms with E-state index < -0.39 is 6.04 Å². The highest BCUT2D eigenvalue weighted by Crippen LogP contribution is 2.37. The van der Waals surface area contributed by atoms with Crippen LogP contribution in [0.15, 0.2) is 60.7 Å². The molecule has 0 aliphatic carbocycles. The van der Waals surface area contributed by atoms with Crippen LogP contribution in [0.1, 0.15) is 28.4 Å². The van der Waals surface area contributed by atoms with Crippen LogP contribution in [0, 0.1) is 6.92 Å². The van der Waals surface area contributed by atoms with Crippen LogP contribution in [0.2, 0.25) is 0 Å². The van der Waals surface area contributed by atoms with E-state index in [0.717, 1.165) is 27.6 Å². The van der Waals surface area contributed by atoms with Gasteiger partial charge in [0.05, 0.1) is 5.69 Å². The molecule has 0 fully saturated rings. The molecule has 0 saturated carbocycles. The van der Waals surface area contributed by atoms with Gasteiger partial charge in [-0.15, -0.1) is 0 Å². The summed E-state index contributed by atoms with van der Waals surface area (Å²) in [7, 11) is 1.55. The number of nitrogens with one attached hydrogen (secondary N) is 1. The molecule has 0 aromatic heterocycles. The molecule has 158 valence electrons. The average molecular weight is 415 g/mol. The molecule has 6 nitrogen and oxygen atoms in total. The maximum absolute atomic E-state index is 13.4. The molecule has 1 atom stereocenters. The van der Waals surface area contributed by atoms with E-state index in [-0.39, 0.29) is 24.3 Å². The van der Waals surface area contributed by atoms with Crippen molar-refractivity contribution in [3.05, 3.63) is 77.4 Å². The number of hydrogen-bond donors (Lipinski definition) is 1. The smallest absolute Gasteiger partial charge is 0.259 e. The Hall–Kier alpha value is -3.67. The fourth-order valence-corrected chi connectivity index (χ4v) is 4.12. The van der Waals surface area contributed by atoms with Crippen molar-refractivity contribution >= 4 is 34.2 Å². The highest BCUT2D eigenvalue weighted by Gasteiger charge is 2.34. The van der Waals surface area contributed by atoms with Crippen LogP contribution in [0.3, 0.4) is 0 Å². The number of nitrogens with zero attached hydrogens (tertiary/aromatic N) is 2. The molecule has 1 aliphatic heterocycles. The summed E-state index contributed by atoms with van der Waals surface area (Å²) in [6.45, 7) is 3.85. The molecule has 0 bridgehead atoms. The minimum atomic E-state index is -0.673. The Bertz CT molecular complexity index is 1180. The first-order valence-electron chi connectivity index (χ1n) is 10.3. The lowest BCUT2D eigenvalue weighted by atomic mass is 10.1. The lowest BCUT2D eigenvalue weighted by Gasteiger charge is -2.30. The number of likely N-dealkylation sites (N-methyl/N-ethyl adjacent to an activating group) is 1. The van der Waals surface area contributed by atoms with Crippen molar-refractivity contribution in [1.82, 2.24) is 10.2 Å². The quantitative estimate of drug-likeness (QED) is 0.672. The SMILES string of the molecule is CNC(=O)C(C)N(Cc1ccccc1C)C(=O)CN1C(=O)c2cccc3cccc1c23. The van der Waals surface area contributed by atoms with Gasteiger partial charge in [0.15, 0.2) is 0 Å². The summed E-state index contributed by atoms with van der Waals surface area (Å²) in [5, 5.41) is 4.45. The summed E-state index contributed by atoms with van der Waals surface area (Å²) >= 11 is 0. The van der Waals surface area contributed by atoms with Crippen molar-refractivity contribution in [3.8, 4) is 0 Å². The molecule has 1 aliphatic rings. The summed E-state index contributed by atoms with van der Waals surface area (Å²) in [6, 6.07) is 18.4. The van der Waals surface area contributed by atoms with Crippen LogP contribution in [0.4, 0.5) is 5.69 Å². The molecule has 0 radical (unpaired) electrons. The molecule has 1 heterocycles. The van der Waals surface area contributed by atoms with Gasteiger partial charge in [-0.3, -0.25) is 19.3 Å². The van der Waals surface area contributed by atoms with E-state index in [0.29, 0.717) is 12.1 Å². The van der Waals surface area contributed by atoms with Gasteiger partial charge in [0.2, 0.25) is 11.8 Å². The average Bonchev–Trinajstić information content (AvgIpc) is 3.05. The zero-order valence-corrected chi connectivity index (χ0v) is 17.9. The molecule has 6 heteroatoms. The van der Waals surface area contributed by atoms with Crippen LogP contribution in [-0.4, -0.2) is 42.3 Å². The first-order valence-corrected chi connectivity index (χ1v) is 10.3. The molecule has 3 aromatic rings. The third-order valence-electron chi connectivity index (χ3n) is 5.96. The number of anilines is 1. The second kappa shape index (κ2) is 8.22. The van der Waals surface area contributed by atoms with E-state index in [4.69, 9.17) is 0 Å². The van der Waals surface area contributed by atoms with Gasteiger partial charge in [0.25, 0.3) is 5.91 Å². The van der Waals surface area contributed by atoms with Gasteiger partial charge in [-0.25, -0.2) is 0 Å². The third-order valence-corrected chi connectivity index (χ3v) is 5.96. The Labute approximate surface area is 181 Å². The van der Waals surface area contributed by atoms with Crippen molar-refractivity contribution in [1.29, 1.82) is 0 Å². The zero-order chi connectivity index (χ0) is 22.1. The monoisotopic (exact) mass is 415 g/mol. The molecule has 0 spiro atoms. The van der Waals surface area contributed by atoms with Crippen molar-refractivity contribution in [2.45, 2.75) is 26.4 Å². The third kappa shape index (κ3) is 3.65. The van der Waals surface area contributed by atoms with Crippen molar-refractivity contribution < 1.29 is 14.4 Å². The van der Waals surface area contributed by atoms with Gasteiger partial charge in [-0.1, -0.05) is 48.5 Å². The summed E-state index contributed by atoms with van der Waals surface area (Å²) in [6.07, 6.45) is 0. The van der Waals surface area contributed by atoms with Gasteiger partial charge in [0.1, 0.15) is 12.6 Å². The van der Waals surface area contributed by atoms with E-state index in [1.165, 1.54) is 9.80 Å². The maximum atomic E-state index is 13.4. The highest BCUT2D eigenvalue weighted by atomic mass is 16.2. The van der Waals surface area contributed by atoms with E-state index in [9.17, 15) is 14.4 Å². The molecule has 31 heavy (non-hydrogen) atoms. The Morgan fingerprint density at radius 2 is 1.74 bits per heavy atom. The molecule has 3 aromatic carbocycles. The van der Waals surface area contributed by atoms with Crippen LogP contribution < -0.4 is 10.2 Å². The number of amides is 3. The first-order chi connectivity index (χ1) is 14.9. The fourth-order valence-electron chi connectivity index (χ4n) is 4.12. The molecule has 4 rings (SSSR count). The molecule has 1 unspecified atom stereocenters. The first kappa shape index (κ1) is 20.6. The van der Waals surface area contributed by atoms with Crippen molar-refractivity contribution in [2.24, 2.45) is 0 Å². The summed E-state index contributed by atoms with van der Waals surface area (Å²) in [5.41, 5.74) is 3.34. The Balaban J connectivity index is 1.65. The largest absolute Gasteiger partial charge is 0.357 e. The van der Waals surface area contributed by atoms with E-state index in [2.05, 4.69) is 5.32 Å². The fraction of sp³-hybridized carbons (Fsp3) is 0.240. The normalized spacial score (nSPS) is 13.4. The van der Waals surface area contributed by atoms with Crippen molar-refractivity contribution in [3.63, 3.8) is 0 Å². The molecule has 0 saturated heterocycles. The highest BCUT2D eigenvalue weighted by molar-refractivity contribution is 6.26. The van der Waals surface area contributed by atoms with E-state index >= 15 is 0 Å². The van der Waals surface area contributed by atoms with Crippen LogP contribution >= 0.6 is 0 Å². The summed E-state index contributed by atoms with van der Waals surface area (Å²) in [5.74, 6) is -0.721. The van der Waals surface area contributed by atoms with E-state index in [1.807, 2.05) is 61.5 Å². The minimum absolute atomic E-state index is 0.125. The number of benzene rings is 3. The standard InChI is InChI=1S/C25H25N3O3/c1-16-8-4-5-9-19(16)14-27(17(2)24(30)26-3)22(29)15-28-21-13-7-11-18-10-6-12-20(23(18)21)25(28)31/h4-13,17H,14-15H2,1-3H3,(H,26,30). The summed E-state index contributed by atoms with van der Waals surface area (Å²) < 4.78 is 0. The van der Waals surface area contributed by atoms with Crippen LogP contribution in [0.25, 0.3) is 10.8 Å². The van der Waals surface area contributed by atoms with Gasteiger partial charge >= 0.3 is 0 Å². The number of aryl methyl sites for hydroxylation is 1. The molecular formula is C25H25N3O3. The number of rotatable bonds is 6. The molecule has 3 amide bonds. The Kier molecular flexibility index (Phi) is 5.46. The topological polar surface area (TPSA) is 69.7 Å². The number of carbonyl (C=O) groups excluding carboxylic acids is 3. The van der Waals surface area contributed by atoms with Gasteiger partial charge in [-0.05, 0) is 42.5 Å². The Morgan fingerprint density at radius 3 is 2.45 bits per heavy atom. The zero-order valence-electron chi connectivity index (χ0n) is 17.9. The predicted molar refractivity (Wildman–Crippen MR) is 121 cm³/mol. The second-order valence-electron chi connectivity index (χ2n) is 7.81. The minimum Gasteiger partial charge on any atom is -0.357 e. The second-order valence-corrected chi connectivity index (χ2v) is 7.81. The molecule has 1 N–H and O–H groups in total. The van der Waals surface area contributed by atoms with Gasteiger partial charge in [0, 0.05) is 24.5 Å². The Morgan fingerprint density at radius 1 is 1.03 bits per heavy atom. The summed E-state index contributed by atoms with van der Waals surface area (Å²) in [4.78, 5) is 42.0. The maximum Gasteiger partial charge on any atom is 0.259 e. The predicted octanol–water partition coefficient (Wildman–Crippen LogP) is 3.27. The van der Waals surface area contributed by atoms with E-state index in [1.54, 1.807) is 20.0 Å². The number of hydrogen-bond acceptors (Lipinski definition) is 3. The van der Waals surface area contributed by atoms with Gasteiger partial charge in [-0.2, -0.15) is 0 Å². The number of carbonyl (C=O) groups is 3. The van der Waals surface area contributed by atoms with Gasteiger partial charge < -0.3 is 10.2 Å². The lowest BCUT2D eigenvalue weighted by Crippen LogP contribution is -2.50.